The van der Waals surface area contributed by atoms with E-state index in [1.54, 1.807) is 36.4 Å². The van der Waals surface area contributed by atoms with Gasteiger partial charge in [0.05, 0.1) is 14.2 Å². The van der Waals surface area contributed by atoms with Gasteiger partial charge >= 0.3 is 6.01 Å². The van der Waals surface area contributed by atoms with Crippen LogP contribution in [0.5, 0.6) is 11.5 Å². The molecule has 0 saturated heterocycles. The summed E-state index contributed by atoms with van der Waals surface area (Å²) in [5, 5.41) is 4.46. The second kappa shape index (κ2) is 7.96. The number of hydrogen-bond acceptors (Lipinski definition) is 7. The quantitative estimate of drug-likeness (QED) is 0.624. The summed E-state index contributed by atoms with van der Waals surface area (Å²) in [6.45, 7) is 1.84. The molecule has 0 unspecified atom stereocenters. The highest BCUT2D eigenvalue weighted by molar-refractivity contribution is 6.30. The lowest BCUT2D eigenvalue weighted by atomic mass is 10.1. The number of anilines is 1. The van der Waals surface area contributed by atoms with Gasteiger partial charge in [-0.15, -0.1) is 0 Å². The predicted octanol–water partition coefficient (Wildman–Crippen LogP) is 3.47. The Kier molecular flexibility index (Phi) is 5.46. The summed E-state index contributed by atoms with van der Waals surface area (Å²) in [7, 11) is 3.05. The lowest BCUT2D eigenvalue weighted by Gasteiger charge is -2.12. The average molecular weight is 389 g/mol. The third-order valence-electron chi connectivity index (χ3n) is 3.83. The molecule has 0 radical (unpaired) electrons. The van der Waals surface area contributed by atoms with Gasteiger partial charge in [-0.2, -0.15) is 4.98 Å². The molecule has 140 valence electrons. The van der Waals surface area contributed by atoms with Crippen molar-refractivity contribution in [3.05, 3.63) is 52.5 Å². The van der Waals surface area contributed by atoms with Gasteiger partial charge in [0.2, 0.25) is 5.82 Å². The van der Waals surface area contributed by atoms with E-state index in [1.165, 1.54) is 14.2 Å². The number of amides is 1. The van der Waals surface area contributed by atoms with Gasteiger partial charge in [0.15, 0.2) is 0 Å². The van der Waals surface area contributed by atoms with Crippen LogP contribution in [-0.2, 0) is 0 Å². The number of carbonyl (C=O) groups is 1. The first-order chi connectivity index (χ1) is 13.0. The Morgan fingerprint density at radius 3 is 2.33 bits per heavy atom. The summed E-state index contributed by atoms with van der Waals surface area (Å²) < 4.78 is 15.6. The van der Waals surface area contributed by atoms with Gasteiger partial charge in [-0.3, -0.25) is 10.2 Å². The molecule has 0 aliphatic rings. The maximum Gasteiger partial charge on any atom is 0.340 e. The van der Waals surface area contributed by atoms with Gasteiger partial charge in [0.1, 0.15) is 11.5 Å². The Balaban J connectivity index is 1.70. The molecule has 1 amide bonds. The molecule has 0 saturated carbocycles. The average Bonchev–Trinajstić information content (AvgIpc) is 3.16. The number of aromatic nitrogens is 2. The fourth-order valence-corrected chi connectivity index (χ4v) is 2.52. The van der Waals surface area contributed by atoms with Gasteiger partial charge in [-0.05, 0) is 43.3 Å². The lowest BCUT2D eigenvalue weighted by molar-refractivity contribution is 0.0960. The fraction of sp³-hybridized carbons (Fsp3) is 0.167. The van der Waals surface area contributed by atoms with E-state index in [0.29, 0.717) is 27.9 Å². The molecule has 1 aromatic heterocycles. The van der Waals surface area contributed by atoms with E-state index in [1.807, 2.05) is 6.92 Å². The van der Waals surface area contributed by atoms with Crippen LogP contribution in [0.1, 0.15) is 15.9 Å². The maximum absolute atomic E-state index is 12.4. The zero-order chi connectivity index (χ0) is 19.4. The Bertz CT molecular complexity index is 931. The van der Waals surface area contributed by atoms with Gasteiger partial charge in [-0.25, -0.2) is 5.43 Å². The summed E-state index contributed by atoms with van der Waals surface area (Å²) in [6, 6.07) is 10.2. The number of benzene rings is 2. The number of carbonyl (C=O) groups excluding carboxylic acids is 1. The van der Waals surface area contributed by atoms with E-state index < -0.39 is 5.91 Å². The molecule has 8 nitrogen and oxygen atoms in total. The van der Waals surface area contributed by atoms with Crippen molar-refractivity contribution in [2.75, 3.05) is 19.6 Å². The molecule has 0 atom stereocenters. The van der Waals surface area contributed by atoms with Crippen LogP contribution in [-0.4, -0.2) is 30.3 Å². The van der Waals surface area contributed by atoms with E-state index >= 15 is 0 Å². The molecular formula is C18H17ClN4O4. The smallest absolute Gasteiger partial charge is 0.340 e. The number of halogens is 1. The van der Waals surface area contributed by atoms with Crippen molar-refractivity contribution in [2.24, 2.45) is 0 Å². The predicted molar refractivity (Wildman–Crippen MR) is 100 cm³/mol. The molecule has 3 rings (SSSR count). The minimum atomic E-state index is -0.419. The van der Waals surface area contributed by atoms with E-state index in [0.717, 1.165) is 11.1 Å². The molecule has 3 aromatic rings. The van der Waals surface area contributed by atoms with Crippen LogP contribution >= 0.6 is 11.6 Å². The minimum Gasteiger partial charge on any atom is -0.496 e. The van der Waals surface area contributed by atoms with Crippen LogP contribution in [0.3, 0.4) is 0 Å². The second-order valence-corrected chi connectivity index (χ2v) is 5.95. The van der Waals surface area contributed by atoms with Gasteiger partial charge in [0.25, 0.3) is 5.91 Å². The molecule has 2 N–H and O–H groups in total. The van der Waals surface area contributed by atoms with Gasteiger partial charge < -0.3 is 14.0 Å². The summed E-state index contributed by atoms with van der Waals surface area (Å²) in [5.41, 5.74) is 6.96. The largest absolute Gasteiger partial charge is 0.496 e. The van der Waals surface area contributed by atoms with Crippen LogP contribution < -0.4 is 20.3 Å². The lowest BCUT2D eigenvalue weighted by Crippen LogP contribution is -2.29. The van der Waals surface area contributed by atoms with Crippen molar-refractivity contribution in [2.45, 2.75) is 6.92 Å². The number of ether oxygens (including phenoxy) is 2. The molecule has 0 spiro atoms. The topological polar surface area (TPSA) is 98.5 Å². The Hall–Kier alpha value is -3.26. The molecule has 0 aliphatic carbocycles. The second-order valence-electron chi connectivity index (χ2n) is 5.51. The first kappa shape index (κ1) is 18.5. The van der Waals surface area contributed by atoms with Crippen LogP contribution in [0.15, 0.2) is 40.9 Å². The Labute approximate surface area is 160 Å². The molecule has 9 heteroatoms. The van der Waals surface area contributed by atoms with Crippen molar-refractivity contribution in [1.82, 2.24) is 15.6 Å². The van der Waals surface area contributed by atoms with Gasteiger partial charge in [-0.1, -0.05) is 16.8 Å². The highest BCUT2D eigenvalue weighted by Gasteiger charge is 2.15. The van der Waals surface area contributed by atoms with Crippen molar-refractivity contribution < 1.29 is 18.8 Å². The van der Waals surface area contributed by atoms with E-state index in [9.17, 15) is 4.79 Å². The highest BCUT2D eigenvalue weighted by Crippen LogP contribution is 2.29. The molecule has 0 aliphatic heterocycles. The zero-order valence-corrected chi connectivity index (χ0v) is 15.6. The molecule has 2 aromatic carbocycles. The fourth-order valence-electron chi connectivity index (χ4n) is 2.39. The van der Waals surface area contributed by atoms with E-state index in [2.05, 4.69) is 21.0 Å². The normalized spacial score (nSPS) is 10.4. The number of nitrogens with zero attached hydrogens (tertiary/aromatic N) is 2. The molecular weight excluding hydrogens is 372 g/mol. The molecule has 27 heavy (non-hydrogen) atoms. The standard InChI is InChI=1S/C18H17ClN4O4/c1-10-14(25-2)8-12(9-15(10)26-3)17(24)21-22-18-20-16(23-27-18)11-4-6-13(19)7-5-11/h4-9H,1-3H3,(H,21,24)(H,20,22,23). The van der Waals surface area contributed by atoms with Crippen molar-refractivity contribution >= 4 is 23.5 Å². The summed E-state index contributed by atoms with van der Waals surface area (Å²) in [5.74, 6) is 1.03. The number of hydrogen-bond donors (Lipinski definition) is 2. The number of hydrazine groups is 1. The first-order valence-corrected chi connectivity index (χ1v) is 8.28. The van der Waals surface area contributed by atoms with Crippen LogP contribution in [0.25, 0.3) is 11.4 Å². The Morgan fingerprint density at radius 2 is 1.74 bits per heavy atom. The summed E-state index contributed by atoms with van der Waals surface area (Å²) in [6.07, 6.45) is 0. The third kappa shape index (κ3) is 4.12. The van der Waals surface area contributed by atoms with Crippen molar-refractivity contribution in [3.8, 4) is 22.9 Å². The first-order valence-electron chi connectivity index (χ1n) is 7.90. The van der Waals surface area contributed by atoms with E-state index in [4.69, 9.17) is 25.6 Å². The Morgan fingerprint density at radius 1 is 1.11 bits per heavy atom. The minimum absolute atomic E-state index is 0.0411. The highest BCUT2D eigenvalue weighted by atomic mass is 35.5. The maximum atomic E-state index is 12.4. The summed E-state index contributed by atoms with van der Waals surface area (Å²) >= 11 is 5.86. The monoisotopic (exact) mass is 388 g/mol. The molecule has 0 bridgehead atoms. The van der Waals surface area contributed by atoms with E-state index in [-0.39, 0.29) is 6.01 Å². The number of rotatable bonds is 6. The SMILES string of the molecule is COc1cc(C(=O)NNc2nc(-c3ccc(Cl)cc3)no2)cc(OC)c1C. The van der Waals surface area contributed by atoms with Crippen LogP contribution in [0.4, 0.5) is 6.01 Å². The summed E-state index contributed by atoms with van der Waals surface area (Å²) in [4.78, 5) is 16.6. The van der Waals surface area contributed by atoms with Crippen LogP contribution in [0.2, 0.25) is 5.02 Å². The number of nitrogens with one attached hydrogen (secondary N) is 2. The third-order valence-corrected chi connectivity index (χ3v) is 4.08. The van der Waals surface area contributed by atoms with Crippen molar-refractivity contribution in [3.63, 3.8) is 0 Å². The van der Waals surface area contributed by atoms with Crippen molar-refractivity contribution in [1.29, 1.82) is 0 Å². The van der Waals surface area contributed by atoms with Crippen LogP contribution in [0, 0.1) is 6.92 Å². The molecule has 1 heterocycles. The number of methoxy groups -OCH3 is 2. The molecule has 0 fully saturated rings. The van der Waals surface area contributed by atoms with Gasteiger partial charge in [0, 0.05) is 21.7 Å². The zero-order valence-electron chi connectivity index (χ0n) is 14.9.